The molecule has 50 heavy (non-hydrogen) atoms. The third-order valence-electron chi connectivity index (χ3n) is 11.6. The van der Waals surface area contributed by atoms with Gasteiger partial charge in [-0.1, -0.05) is 39.0 Å². The van der Waals surface area contributed by atoms with Gasteiger partial charge in [-0.05, 0) is 66.7 Å². The molecule has 4 fully saturated rings. The average Bonchev–Trinajstić information content (AvgIpc) is 3.75. The van der Waals surface area contributed by atoms with Gasteiger partial charge in [-0.25, -0.2) is 4.98 Å². The Morgan fingerprint density at radius 2 is 2.00 bits per heavy atom. The number of methoxy groups -OCH3 is 1. The van der Waals surface area contributed by atoms with Crippen LogP contribution in [-0.2, 0) is 22.7 Å². The van der Waals surface area contributed by atoms with E-state index in [1.165, 1.54) is 17.8 Å². The number of aliphatic hydroxyl groups excluding tert-OH is 2. The van der Waals surface area contributed by atoms with Gasteiger partial charge in [0.15, 0.2) is 0 Å². The lowest BCUT2D eigenvalue weighted by Gasteiger charge is -2.62. The van der Waals surface area contributed by atoms with Gasteiger partial charge in [0.2, 0.25) is 5.91 Å². The molecule has 3 saturated carbocycles. The van der Waals surface area contributed by atoms with Gasteiger partial charge >= 0.3 is 0 Å². The molecule has 3 aliphatic carbocycles. The molecular weight excluding hydrogens is 655 g/mol. The van der Waals surface area contributed by atoms with Crippen LogP contribution in [0.5, 0.6) is 5.75 Å². The Morgan fingerprint density at radius 3 is 2.62 bits per heavy atom. The number of nitrogens with one attached hydrogen (secondary N) is 2. The molecule has 1 aromatic heterocycles. The Morgan fingerprint density at radius 1 is 1.22 bits per heavy atom. The molecule has 12 heteroatoms. The number of carbonyl (C=O) groups is 2. The number of thiazole rings is 1. The van der Waals surface area contributed by atoms with Crippen molar-refractivity contribution in [3.8, 4) is 16.9 Å². The first-order valence-electron chi connectivity index (χ1n) is 17.5. The van der Waals surface area contributed by atoms with Gasteiger partial charge < -0.3 is 30.5 Å². The highest BCUT2D eigenvalue weighted by molar-refractivity contribution is 7.09. The number of amides is 2. The smallest absolute Gasteiger partial charge is 0.251 e. The summed E-state index contributed by atoms with van der Waals surface area (Å²) in [6.07, 6.45) is 2.20. The summed E-state index contributed by atoms with van der Waals surface area (Å²) in [4.78, 5) is 40.0. The van der Waals surface area contributed by atoms with Crippen LogP contribution in [0.25, 0.3) is 11.1 Å². The van der Waals surface area contributed by atoms with E-state index >= 15 is 0 Å². The van der Waals surface area contributed by atoms with Crippen molar-refractivity contribution < 1.29 is 29.4 Å². The number of hydroxylamine groups is 2. The van der Waals surface area contributed by atoms with E-state index in [9.17, 15) is 19.8 Å². The van der Waals surface area contributed by atoms with E-state index in [1.54, 1.807) is 25.3 Å². The summed E-state index contributed by atoms with van der Waals surface area (Å²) >= 11 is 1.49. The van der Waals surface area contributed by atoms with Crippen molar-refractivity contribution in [1.82, 2.24) is 20.7 Å². The van der Waals surface area contributed by atoms with Gasteiger partial charge in [0.1, 0.15) is 22.9 Å². The first-order valence-corrected chi connectivity index (χ1v) is 18.4. The zero-order valence-corrected chi connectivity index (χ0v) is 30.9. The Hall–Kier alpha value is -3.55. The molecule has 0 spiro atoms. The number of hydrogen-bond donors (Lipinski definition) is 4. The second-order valence-corrected chi connectivity index (χ2v) is 16.0. The normalized spacial score (nSPS) is 27.7. The molecule has 7 rings (SSSR count). The first kappa shape index (κ1) is 36.2. The fraction of sp³-hybridized carbons (Fsp3) is 0.553. The second kappa shape index (κ2) is 14.6. The number of anilines is 1. The van der Waals surface area contributed by atoms with Crippen LogP contribution in [0.1, 0.15) is 61.5 Å². The van der Waals surface area contributed by atoms with Gasteiger partial charge in [0, 0.05) is 60.0 Å². The van der Waals surface area contributed by atoms with Gasteiger partial charge in [-0.3, -0.25) is 14.4 Å². The van der Waals surface area contributed by atoms with Crippen LogP contribution in [-0.4, -0.2) is 84.2 Å². The third kappa shape index (κ3) is 6.88. The molecular formula is C38H51N5O6S. The molecule has 11 nitrogen and oxygen atoms in total. The number of hydrogen-bond acceptors (Lipinski definition) is 10. The number of benzene rings is 2. The molecule has 0 unspecified atom stereocenters. The fourth-order valence-electron chi connectivity index (χ4n) is 8.58. The first-order chi connectivity index (χ1) is 23.8. The number of carbonyl (C=O) groups excluding carboxylic acids is 2. The van der Waals surface area contributed by atoms with Crippen LogP contribution in [0.4, 0.5) is 5.69 Å². The van der Waals surface area contributed by atoms with E-state index in [0.717, 1.165) is 33.8 Å². The predicted molar refractivity (Wildman–Crippen MR) is 194 cm³/mol. The highest BCUT2D eigenvalue weighted by atomic mass is 32.1. The number of aromatic nitrogens is 1. The SMILES string of the molecule is COc1c(CN2O[C@@H](CO)[C@H]([C@H](C)O)[C@H]2C(=O)N[C@H]2C[C@H]3C[C@@H]([C@@H]2C)C3(C)C)cccc1-c1cc(C(=O)NCc2nccs2)cc(N(C)C)c1. The monoisotopic (exact) mass is 705 g/mol. The minimum atomic E-state index is -0.897. The van der Waals surface area contributed by atoms with Crippen LogP contribution >= 0.6 is 11.3 Å². The maximum Gasteiger partial charge on any atom is 0.251 e. The number of rotatable bonds is 12. The maximum atomic E-state index is 14.2. The minimum absolute atomic E-state index is 0.0405. The van der Waals surface area contributed by atoms with Crippen molar-refractivity contribution >= 4 is 28.8 Å². The van der Waals surface area contributed by atoms with E-state index < -0.39 is 24.2 Å². The Labute approximate surface area is 298 Å². The van der Waals surface area contributed by atoms with Crippen LogP contribution < -0.4 is 20.3 Å². The number of nitrogens with zero attached hydrogens (tertiary/aromatic N) is 3. The Bertz CT molecular complexity index is 1680. The minimum Gasteiger partial charge on any atom is -0.496 e. The molecule has 2 aromatic carbocycles. The van der Waals surface area contributed by atoms with E-state index in [4.69, 9.17) is 9.57 Å². The predicted octanol–water partition coefficient (Wildman–Crippen LogP) is 4.48. The second-order valence-electron chi connectivity index (χ2n) is 15.0. The quantitative estimate of drug-likeness (QED) is 0.215. The highest BCUT2D eigenvalue weighted by Crippen LogP contribution is 2.61. The zero-order chi connectivity index (χ0) is 35.9. The molecule has 270 valence electrons. The van der Waals surface area contributed by atoms with Gasteiger partial charge in [0.25, 0.3) is 5.91 Å². The Balaban J connectivity index is 1.28. The van der Waals surface area contributed by atoms with E-state index in [1.807, 2.05) is 60.8 Å². The van der Waals surface area contributed by atoms with Crippen molar-refractivity contribution in [2.45, 2.75) is 77.9 Å². The number of para-hydroxylation sites is 1. The van der Waals surface area contributed by atoms with Crippen molar-refractivity contribution in [1.29, 1.82) is 0 Å². The van der Waals surface area contributed by atoms with E-state index in [2.05, 4.69) is 36.4 Å². The van der Waals surface area contributed by atoms with Crippen molar-refractivity contribution in [3.63, 3.8) is 0 Å². The Kier molecular flexibility index (Phi) is 10.6. The number of fused-ring (bicyclic) bond motifs is 2. The summed E-state index contributed by atoms with van der Waals surface area (Å²) < 4.78 is 6.03. The van der Waals surface area contributed by atoms with Crippen LogP contribution in [0.15, 0.2) is 48.0 Å². The molecule has 4 aliphatic rings. The maximum absolute atomic E-state index is 14.2. The lowest BCUT2D eigenvalue weighted by Crippen LogP contribution is -2.62. The van der Waals surface area contributed by atoms with Crippen LogP contribution in [0.3, 0.4) is 0 Å². The summed E-state index contributed by atoms with van der Waals surface area (Å²) in [5.41, 5.74) is 3.94. The molecule has 2 amide bonds. The van der Waals surface area contributed by atoms with Gasteiger partial charge in [-0.15, -0.1) is 11.3 Å². The van der Waals surface area contributed by atoms with Gasteiger partial charge in [0.05, 0.1) is 32.9 Å². The fourth-order valence-corrected chi connectivity index (χ4v) is 9.14. The van der Waals surface area contributed by atoms with Gasteiger partial charge in [-0.2, -0.15) is 5.06 Å². The lowest BCUT2D eigenvalue weighted by molar-refractivity contribution is -0.183. The average molecular weight is 706 g/mol. The molecule has 8 atom stereocenters. The van der Waals surface area contributed by atoms with Crippen molar-refractivity contribution in [3.05, 3.63) is 64.1 Å². The number of ether oxygens (including phenoxy) is 1. The number of aliphatic hydroxyl groups is 2. The summed E-state index contributed by atoms with van der Waals surface area (Å²) in [5.74, 6) is 0.985. The molecule has 4 N–H and O–H groups in total. The van der Waals surface area contributed by atoms with Crippen LogP contribution in [0.2, 0.25) is 0 Å². The van der Waals surface area contributed by atoms with E-state index in [0.29, 0.717) is 35.6 Å². The summed E-state index contributed by atoms with van der Waals surface area (Å²) in [7, 11) is 5.45. The lowest BCUT2D eigenvalue weighted by atomic mass is 9.45. The third-order valence-corrected chi connectivity index (χ3v) is 12.4. The molecule has 1 saturated heterocycles. The molecule has 3 aromatic rings. The van der Waals surface area contributed by atoms with Crippen LogP contribution in [0, 0.1) is 29.1 Å². The molecule has 0 radical (unpaired) electrons. The molecule has 2 bridgehead atoms. The highest BCUT2D eigenvalue weighted by Gasteiger charge is 2.57. The molecule has 2 heterocycles. The zero-order valence-electron chi connectivity index (χ0n) is 30.1. The summed E-state index contributed by atoms with van der Waals surface area (Å²) in [6, 6.07) is 10.7. The van der Waals surface area contributed by atoms with E-state index in [-0.39, 0.29) is 36.4 Å². The standard InChI is InChI=1S/C38H51N5O6S/c1-21-29-16-26(38(29,3)4)17-30(21)41-37(47)34-33(22(2)45)31(20-44)49-43(34)19-23-9-8-10-28(35(23)48-7)24-13-25(15-27(14-24)42(5)6)36(46)40-18-32-39-11-12-50-32/h8-15,21-22,26,29-31,33-34,44-45H,16-20H2,1-7H3,(H,40,46)(H,41,47)/t21-,22-,26+,29-,30-,31-,33-,34-/m0/s1. The van der Waals surface area contributed by atoms with Crippen molar-refractivity contribution in [2.75, 3.05) is 32.7 Å². The molecule has 1 aliphatic heterocycles. The van der Waals surface area contributed by atoms with Crippen molar-refractivity contribution in [2.24, 2.45) is 29.1 Å². The largest absolute Gasteiger partial charge is 0.496 e. The topological polar surface area (TPSA) is 136 Å². The summed E-state index contributed by atoms with van der Waals surface area (Å²) in [5, 5.41) is 31.8. The summed E-state index contributed by atoms with van der Waals surface area (Å²) in [6.45, 7) is 8.71.